The highest BCUT2D eigenvalue weighted by atomic mass is 16.5. The lowest BCUT2D eigenvalue weighted by Gasteiger charge is -2.39. The van der Waals surface area contributed by atoms with Crippen LogP contribution in [0.4, 0.5) is 0 Å². The zero-order valence-electron chi connectivity index (χ0n) is 12.3. The van der Waals surface area contributed by atoms with E-state index in [0.717, 1.165) is 5.57 Å². The van der Waals surface area contributed by atoms with Crippen molar-refractivity contribution in [3.05, 3.63) is 51.8 Å². The van der Waals surface area contributed by atoms with E-state index in [0.29, 0.717) is 23.7 Å². The Hall–Kier alpha value is -1.85. The molecular formula is C16H18O5. The van der Waals surface area contributed by atoms with E-state index < -0.39 is 17.8 Å². The van der Waals surface area contributed by atoms with Crippen LogP contribution in [0.2, 0.25) is 0 Å². The van der Waals surface area contributed by atoms with Crippen molar-refractivity contribution in [3.63, 3.8) is 0 Å². The minimum Gasteiger partial charge on any atom is -0.464 e. The maximum atomic E-state index is 11.5. The summed E-state index contributed by atoms with van der Waals surface area (Å²) >= 11 is 0. The molecule has 1 aliphatic carbocycles. The second-order valence-electron chi connectivity index (χ2n) is 5.74. The Bertz CT molecular complexity index is 680. The Morgan fingerprint density at radius 3 is 2.86 bits per heavy atom. The highest BCUT2D eigenvalue weighted by Gasteiger charge is 2.44. The molecule has 2 atom stereocenters. The lowest BCUT2D eigenvalue weighted by atomic mass is 9.74. The molecule has 1 aromatic heterocycles. The van der Waals surface area contributed by atoms with Crippen molar-refractivity contribution in [2.24, 2.45) is 5.41 Å². The summed E-state index contributed by atoms with van der Waals surface area (Å²) in [7, 11) is 0. The summed E-state index contributed by atoms with van der Waals surface area (Å²) in [5.74, 6) is 0.867. The molecule has 2 unspecified atom stereocenters. The van der Waals surface area contributed by atoms with Crippen LogP contribution >= 0.6 is 0 Å². The highest BCUT2D eigenvalue weighted by molar-refractivity contribution is 5.71. The molecule has 112 valence electrons. The van der Waals surface area contributed by atoms with Gasteiger partial charge in [-0.2, -0.15) is 0 Å². The SMILES string of the molecule is CCOC1c2oc(=O)ccc2C2=C(C1O)C(C)(C)C=CO2. The number of rotatable bonds is 2. The lowest BCUT2D eigenvalue weighted by molar-refractivity contribution is -0.0404. The number of aliphatic hydroxyl groups is 1. The van der Waals surface area contributed by atoms with Gasteiger partial charge < -0.3 is 19.0 Å². The molecule has 1 aliphatic heterocycles. The van der Waals surface area contributed by atoms with Crippen LogP contribution in [0.25, 0.3) is 5.76 Å². The molecule has 0 amide bonds. The Morgan fingerprint density at radius 1 is 1.38 bits per heavy atom. The normalized spacial score (nSPS) is 26.1. The molecule has 0 fully saturated rings. The van der Waals surface area contributed by atoms with Crippen molar-refractivity contribution < 1.29 is 19.0 Å². The number of ether oxygens (including phenoxy) is 2. The van der Waals surface area contributed by atoms with Gasteiger partial charge in [0.25, 0.3) is 0 Å². The van der Waals surface area contributed by atoms with Crippen LogP contribution in [0, 0.1) is 5.41 Å². The summed E-state index contributed by atoms with van der Waals surface area (Å²) < 4.78 is 16.5. The third-order valence-corrected chi connectivity index (χ3v) is 3.90. The smallest absolute Gasteiger partial charge is 0.335 e. The third kappa shape index (κ3) is 2.13. The van der Waals surface area contributed by atoms with E-state index in [1.165, 1.54) is 6.07 Å². The highest BCUT2D eigenvalue weighted by Crippen LogP contribution is 2.48. The molecule has 21 heavy (non-hydrogen) atoms. The Kier molecular flexibility index (Phi) is 3.26. The first-order valence-electron chi connectivity index (χ1n) is 6.99. The molecule has 2 heterocycles. The van der Waals surface area contributed by atoms with E-state index in [1.807, 2.05) is 26.8 Å². The molecule has 0 spiro atoms. The molecule has 1 N–H and O–H groups in total. The van der Waals surface area contributed by atoms with Crippen LogP contribution in [0.15, 0.2) is 39.3 Å². The molecule has 2 aliphatic rings. The second kappa shape index (κ2) is 4.86. The van der Waals surface area contributed by atoms with Crippen molar-refractivity contribution in [3.8, 4) is 0 Å². The van der Waals surface area contributed by atoms with E-state index in [2.05, 4.69) is 0 Å². The third-order valence-electron chi connectivity index (χ3n) is 3.90. The van der Waals surface area contributed by atoms with Crippen molar-refractivity contribution in [2.45, 2.75) is 33.0 Å². The number of hydrogen-bond acceptors (Lipinski definition) is 5. The summed E-state index contributed by atoms with van der Waals surface area (Å²) in [5, 5.41) is 10.7. The summed E-state index contributed by atoms with van der Waals surface area (Å²) in [6.07, 6.45) is 1.87. The van der Waals surface area contributed by atoms with Gasteiger partial charge in [0.05, 0.1) is 11.8 Å². The first-order chi connectivity index (χ1) is 9.95. The maximum absolute atomic E-state index is 11.5. The lowest BCUT2D eigenvalue weighted by Crippen LogP contribution is -2.36. The van der Waals surface area contributed by atoms with Gasteiger partial charge in [-0.25, -0.2) is 4.79 Å². The largest absolute Gasteiger partial charge is 0.464 e. The Balaban J connectivity index is 2.25. The quantitative estimate of drug-likeness (QED) is 0.905. The van der Waals surface area contributed by atoms with Gasteiger partial charge in [0.1, 0.15) is 18.0 Å². The van der Waals surface area contributed by atoms with E-state index in [-0.39, 0.29) is 5.41 Å². The van der Waals surface area contributed by atoms with Crippen LogP contribution in [0.5, 0.6) is 0 Å². The summed E-state index contributed by atoms with van der Waals surface area (Å²) in [6.45, 7) is 6.23. The van der Waals surface area contributed by atoms with Gasteiger partial charge in [-0.05, 0) is 19.1 Å². The first kappa shape index (κ1) is 14.1. The van der Waals surface area contributed by atoms with Crippen molar-refractivity contribution in [1.29, 1.82) is 0 Å². The molecule has 3 rings (SSSR count). The van der Waals surface area contributed by atoms with E-state index in [1.54, 1.807) is 12.3 Å². The molecule has 0 bridgehead atoms. The average molecular weight is 290 g/mol. The minimum atomic E-state index is -0.919. The van der Waals surface area contributed by atoms with Gasteiger partial charge >= 0.3 is 5.63 Å². The minimum absolute atomic E-state index is 0.321. The van der Waals surface area contributed by atoms with Crippen molar-refractivity contribution >= 4 is 5.76 Å². The van der Waals surface area contributed by atoms with Gasteiger partial charge in [0, 0.05) is 23.7 Å². The average Bonchev–Trinajstić information content (AvgIpc) is 2.42. The standard InChI is InChI=1S/C16H18O5/c1-4-19-15-12(18)11-13(20-8-7-16(11,2)3)9-5-6-10(17)21-14(9)15/h5-8,12,15,18H,4H2,1-3H3. The number of fused-ring (bicyclic) bond motifs is 2. The fourth-order valence-electron chi connectivity index (χ4n) is 2.91. The van der Waals surface area contributed by atoms with Gasteiger partial charge in [-0.3, -0.25) is 0 Å². The van der Waals surface area contributed by atoms with Crippen molar-refractivity contribution in [1.82, 2.24) is 0 Å². The van der Waals surface area contributed by atoms with Gasteiger partial charge in [-0.1, -0.05) is 13.8 Å². The monoisotopic (exact) mass is 290 g/mol. The van der Waals surface area contributed by atoms with Crippen molar-refractivity contribution in [2.75, 3.05) is 6.61 Å². The molecule has 0 radical (unpaired) electrons. The first-order valence-corrected chi connectivity index (χ1v) is 6.99. The molecule has 5 heteroatoms. The summed E-state index contributed by atoms with van der Waals surface area (Å²) in [4.78, 5) is 11.5. The van der Waals surface area contributed by atoms with Crippen LogP contribution in [0.3, 0.4) is 0 Å². The molecular weight excluding hydrogens is 272 g/mol. The Morgan fingerprint density at radius 2 is 2.14 bits per heavy atom. The Labute approximate surface area is 122 Å². The van der Waals surface area contributed by atoms with Crippen LogP contribution in [-0.4, -0.2) is 17.8 Å². The summed E-state index contributed by atoms with van der Waals surface area (Å²) in [6, 6.07) is 3.00. The molecule has 0 aromatic carbocycles. The predicted octanol–water partition coefficient (Wildman–Crippen LogP) is 2.37. The van der Waals surface area contributed by atoms with E-state index in [9.17, 15) is 9.90 Å². The second-order valence-corrected chi connectivity index (χ2v) is 5.74. The summed E-state index contributed by atoms with van der Waals surface area (Å²) in [5.41, 5.74) is 0.562. The van der Waals surface area contributed by atoms with E-state index in [4.69, 9.17) is 13.9 Å². The molecule has 5 nitrogen and oxygen atoms in total. The number of aliphatic hydroxyl groups excluding tert-OH is 1. The zero-order chi connectivity index (χ0) is 15.2. The van der Waals surface area contributed by atoms with Gasteiger partial charge in [0.15, 0.2) is 5.76 Å². The number of allylic oxidation sites excluding steroid dienone is 1. The van der Waals surface area contributed by atoms with E-state index >= 15 is 0 Å². The fraction of sp³-hybridized carbons (Fsp3) is 0.438. The van der Waals surface area contributed by atoms with Gasteiger partial charge in [-0.15, -0.1) is 0 Å². The van der Waals surface area contributed by atoms with Crippen LogP contribution in [0.1, 0.15) is 38.2 Å². The number of hydrogen-bond donors (Lipinski definition) is 1. The topological polar surface area (TPSA) is 68.9 Å². The fourth-order valence-corrected chi connectivity index (χ4v) is 2.91. The van der Waals surface area contributed by atoms with Crippen LogP contribution < -0.4 is 5.63 Å². The molecule has 0 saturated carbocycles. The maximum Gasteiger partial charge on any atom is 0.335 e. The zero-order valence-corrected chi connectivity index (χ0v) is 12.3. The predicted molar refractivity (Wildman–Crippen MR) is 76.3 cm³/mol. The van der Waals surface area contributed by atoms with Gasteiger partial charge in [0.2, 0.25) is 0 Å². The molecule has 0 saturated heterocycles. The van der Waals surface area contributed by atoms with Crippen LogP contribution in [-0.2, 0) is 9.47 Å². The molecule has 1 aromatic rings.